The van der Waals surface area contributed by atoms with Crippen LogP contribution in [-0.2, 0) is 11.3 Å². The normalized spacial score (nSPS) is 11.4. The minimum atomic E-state index is -0.952. The molecule has 106 valence electrons. The van der Waals surface area contributed by atoms with E-state index in [4.69, 9.17) is 5.73 Å². The molecule has 7 heteroatoms. The van der Waals surface area contributed by atoms with E-state index in [2.05, 4.69) is 26.3 Å². The van der Waals surface area contributed by atoms with E-state index in [1.807, 2.05) is 6.92 Å². The third-order valence-corrected chi connectivity index (χ3v) is 3.54. The first-order valence-electron chi connectivity index (χ1n) is 6.13. The van der Waals surface area contributed by atoms with E-state index in [9.17, 15) is 9.59 Å². The number of nitrogens with one attached hydrogen (secondary N) is 1. The summed E-state index contributed by atoms with van der Waals surface area (Å²) in [5, 5.41) is 6.99. The zero-order chi connectivity index (χ0) is 14.6. The van der Waals surface area contributed by atoms with Crippen LogP contribution in [0, 0.1) is 0 Å². The first-order valence-corrected chi connectivity index (χ1v) is 6.92. The third kappa shape index (κ3) is 3.79. The lowest BCUT2D eigenvalue weighted by Gasteiger charge is -2.24. The lowest BCUT2D eigenvalue weighted by molar-refractivity contribution is -0.121. The molecule has 1 aromatic rings. The topological polar surface area (TPSA) is 90.0 Å². The second-order valence-corrected chi connectivity index (χ2v) is 5.66. The Morgan fingerprint density at radius 3 is 2.74 bits per heavy atom. The van der Waals surface area contributed by atoms with Gasteiger partial charge in [0, 0.05) is 6.54 Å². The van der Waals surface area contributed by atoms with E-state index >= 15 is 0 Å². The van der Waals surface area contributed by atoms with Gasteiger partial charge < -0.3 is 11.1 Å². The number of carbonyl (C=O) groups excluding carboxylic acids is 1. The van der Waals surface area contributed by atoms with E-state index in [1.54, 1.807) is 13.8 Å². The van der Waals surface area contributed by atoms with E-state index in [-0.39, 0.29) is 5.56 Å². The van der Waals surface area contributed by atoms with Gasteiger partial charge in [-0.25, -0.2) is 4.68 Å². The van der Waals surface area contributed by atoms with Gasteiger partial charge in [0.2, 0.25) is 5.91 Å². The maximum absolute atomic E-state index is 12.0. The molecule has 0 aliphatic heterocycles. The van der Waals surface area contributed by atoms with Crippen LogP contribution >= 0.6 is 15.9 Å². The first-order chi connectivity index (χ1) is 8.79. The Labute approximate surface area is 120 Å². The lowest BCUT2D eigenvalue weighted by Crippen LogP contribution is -2.45. The average molecular weight is 331 g/mol. The Hall–Kier alpha value is -1.37. The Kier molecular flexibility index (Phi) is 5.11. The molecule has 0 unspecified atom stereocenters. The fourth-order valence-electron chi connectivity index (χ4n) is 1.42. The van der Waals surface area contributed by atoms with E-state index in [0.29, 0.717) is 16.7 Å². The molecular weight excluding hydrogens is 312 g/mol. The van der Waals surface area contributed by atoms with Crippen molar-refractivity contribution in [2.24, 2.45) is 5.73 Å². The number of nitrogens with two attached hydrogens (primary N) is 1. The van der Waals surface area contributed by atoms with Crippen molar-refractivity contribution >= 4 is 27.5 Å². The minimum absolute atomic E-state index is 0.223. The first kappa shape index (κ1) is 15.7. The number of hydrogen-bond acceptors (Lipinski definition) is 4. The standard InChI is InChI=1S/C12H19BrN4O2/c1-4-5-6-17-10(18)9(13)8(7-15-17)16-12(2,3)11(14)19/h7,16H,4-6H2,1-3H3,(H2,14,19). The number of amides is 1. The van der Waals surface area contributed by atoms with Gasteiger partial charge in [0.25, 0.3) is 5.56 Å². The summed E-state index contributed by atoms with van der Waals surface area (Å²) in [5.74, 6) is -0.505. The Bertz CT molecular complexity index is 525. The maximum Gasteiger partial charge on any atom is 0.283 e. The number of halogens is 1. The van der Waals surface area contributed by atoms with E-state index in [0.717, 1.165) is 12.8 Å². The van der Waals surface area contributed by atoms with Gasteiger partial charge in [0.05, 0.1) is 11.9 Å². The number of nitrogens with zero attached hydrogens (tertiary/aromatic N) is 2. The van der Waals surface area contributed by atoms with Crippen molar-refractivity contribution in [3.63, 3.8) is 0 Å². The van der Waals surface area contributed by atoms with E-state index < -0.39 is 11.4 Å². The predicted molar refractivity (Wildman–Crippen MR) is 78.0 cm³/mol. The van der Waals surface area contributed by atoms with Crippen LogP contribution < -0.4 is 16.6 Å². The van der Waals surface area contributed by atoms with Crippen LogP contribution in [0.1, 0.15) is 33.6 Å². The van der Waals surface area contributed by atoms with Gasteiger partial charge in [-0.15, -0.1) is 0 Å². The highest BCUT2D eigenvalue weighted by Crippen LogP contribution is 2.20. The molecule has 0 saturated heterocycles. The van der Waals surface area contributed by atoms with Crippen LogP contribution in [0.4, 0.5) is 5.69 Å². The number of anilines is 1. The van der Waals surface area contributed by atoms with Gasteiger partial charge in [-0.05, 0) is 36.2 Å². The van der Waals surface area contributed by atoms with E-state index in [1.165, 1.54) is 10.9 Å². The SMILES string of the molecule is CCCCn1ncc(NC(C)(C)C(N)=O)c(Br)c1=O. The molecule has 1 rings (SSSR count). The highest BCUT2D eigenvalue weighted by molar-refractivity contribution is 9.10. The molecule has 0 atom stereocenters. The molecule has 19 heavy (non-hydrogen) atoms. The van der Waals surface area contributed by atoms with Crippen LogP contribution in [0.15, 0.2) is 15.5 Å². The monoisotopic (exact) mass is 330 g/mol. The summed E-state index contributed by atoms with van der Waals surface area (Å²) in [5.41, 5.74) is 4.57. The Morgan fingerprint density at radius 2 is 2.21 bits per heavy atom. The summed E-state index contributed by atoms with van der Waals surface area (Å²) in [7, 11) is 0. The molecule has 0 spiro atoms. The predicted octanol–water partition coefficient (Wildman–Crippen LogP) is 1.48. The highest BCUT2D eigenvalue weighted by atomic mass is 79.9. The van der Waals surface area contributed by atoms with Crippen molar-refractivity contribution in [3.8, 4) is 0 Å². The molecule has 3 N–H and O–H groups in total. The lowest BCUT2D eigenvalue weighted by atomic mass is 10.1. The van der Waals surface area contributed by atoms with Gasteiger partial charge in [-0.3, -0.25) is 9.59 Å². The summed E-state index contributed by atoms with van der Waals surface area (Å²) >= 11 is 3.24. The van der Waals surface area contributed by atoms with Crippen molar-refractivity contribution in [2.75, 3.05) is 5.32 Å². The minimum Gasteiger partial charge on any atom is -0.369 e. The number of aryl methyl sites for hydroxylation is 1. The number of aromatic nitrogens is 2. The molecule has 0 aliphatic carbocycles. The third-order valence-electron chi connectivity index (χ3n) is 2.77. The number of rotatable bonds is 6. The van der Waals surface area contributed by atoms with Crippen LogP contribution in [0.25, 0.3) is 0 Å². The molecule has 0 fully saturated rings. The molecule has 1 aromatic heterocycles. The molecule has 1 amide bonds. The van der Waals surface area contributed by atoms with Crippen molar-refractivity contribution in [1.29, 1.82) is 0 Å². The summed E-state index contributed by atoms with van der Waals surface area (Å²) < 4.78 is 1.75. The van der Waals surface area contributed by atoms with Gasteiger partial charge in [0.15, 0.2) is 0 Å². The fourth-order valence-corrected chi connectivity index (χ4v) is 1.82. The smallest absolute Gasteiger partial charge is 0.283 e. The van der Waals surface area contributed by atoms with Crippen LogP contribution in [0.3, 0.4) is 0 Å². The van der Waals surface area contributed by atoms with Crippen molar-refractivity contribution in [1.82, 2.24) is 9.78 Å². The van der Waals surface area contributed by atoms with Crippen molar-refractivity contribution in [3.05, 3.63) is 21.0 Å². The van der Waals surface area contributed by atoms with Gasteiger partial charge in [0.1, 0.15) is 10.0 Å². The molecule has 0 saturated carbocycles. The number of hydrogen-bond donors (Lipinski definition) is 2. The van der Waals surface area contributed by atoms with Gasteiger partial charge >= 0.3 is 0 Å². The number of unbranched alkanes of at least 4 members (excludes halogenated alkanes) is 1. The maximum atomic E-state index is 12.0. The molecule has 6 nitrogen and oxygen atoms in total. The Morgan fingerprint density at radius 1 is 1.58 bits per heavy atom. The second-order valence-electron chi connectivity index (χ2n) is 4.87. The number of primary amides is 1. The average Bonchev–Trinajstić information content (AvgIpc) is 2.34. The largest absolute Gasteiger partial charge is 0.369 e. The quantitative estimate of drug-likeness (QED) is 0.826. The zero-order valence-corrected chi connectivity index (χ0v) is 13.0. The van der Waals surface area contributed by atoms with Crippen molar-refractivity contribution < 1.29 is 4.79 Å². The van der Waals surface area contributed by atoms with Crippen LogP contribution in [0.2, 0.25) is 0 Å². The highest BCUT2D eigenvalue weighted by Gasteiger charge is 2.26. The molecular formula is C12H19BrN4O2. The number of carbonyl (C=O) groups is 1. The summed E-state index contributed by atoms with van der Waals surface area (Å²) in [6.07, 6.45) is 3.39. The zero-order valence-electron chi connectivity index (χ0n) is 11.4. The van der Waals surface area contributed by atoms with Crippen molar-refractivity contribution in [2.45, 2.75) is 45.7 Å². The Balaban J connectivity index is 3.03. The molecule has 0 bridgehead atoms. The molecule has 1 heterocycles. The fraction of sp³-hybridized carbons (Fsp3) is 0.583. The second kappa shape index (κ2) is 6.18. The summed E-state index contributed by atoms with van der Waals surface area (Å²) in [4.78, 5) is 23.3. The molecule has 0 aromatic carbocycles. The molecule has 0 radical (unpaired) electrons. The van der Waals surface area contributed by atoms with Gasteiger partial charge in [-0.1, -0.05) is 13.3 Å². The van der Waals surface area contributed by atoms with Crippen LogP contribution in [0.5, 0.6) is 0 Å². The summed E-state index contributed by atoms with van der Waals surface area (Å²) in [6.45, 7) is 5.91. The van der Waals surface area contributed by atoms with Crippen LogP contribution in [-0.4, -0.2) is 21.2 Å². The van der Waals surface area contributed by atoms with Gasteiger partial charge in [-0.2, -0.15) is 5.10 Å². The summed E-state index contributed by atoms with van der Waals surface area (Å²) in [6, 6.07) is 0. The molecule has 0 aliphatic rings.